The Morgan fingerprint density at radius 1 is 1.07 bits per heavy atom. The zero-order valence-electron chi connectivity index (χ0n) is 13.8. The second kappa shape index (κ2) is 8.35. The van der Waals surface area contributed by atoms with E-state index >= 15 is 0 Å². The molecule has 2 aromatic carbocycles. The molecular weight excluding hydrogens is 508 g/mol. The van der Waals surface area contributed by atoms with Crippen LogP contribution in [0.3, 0.4) is 0 Å². The number of thioether (sulfide) groups is 1. The van der Waals surface area contributed by atoms with Gasteiger partial charge in [-0.2, -0.15) is 0 Å². The number of amides is 3. The zero-order valence-corrected chi connectivity index (χ0v) is 16.8. The Morgan fingerprint density at radius 3 is 2.43 bits per heavy atom. The first-order valence-electron chi connectivity index (χ1n) is 7.70. The second-order valence-electron chi connectivity index (χ2n) is 5.59. The molecule has 5 nitrogen and oxygen atoms in total. The maximum Gasteiger partial charge on any atom is 0.294 e. The molecule has 1 N–H and O–H groups in total. The number of hydrogen-bond acceptors (Lipinski definition) is 4. The Bertz CT molecular complexity index is 1010. The molecule has 0 bridgehead atoms. The summed E-state index contributed by atoms with van der Waals surface area (Å²) in [5.41, 5.74) is 0.115. The van der Waals surface area contributed by atoms with Gasteiger partial charge in [0.25, 0.3) is 11.1 Å². The summed E-state index contributed by atoms with van der Waals surface area (Å²) in [6.45, 7) is -0.687. The number of imide groups is 1. The quantitative estimate of drug-likeness (QED) is 0.371. The molecule has 1 heterocycles. The fraction of sp³-hybridized carbons (Fsp3) is 0.0556. The summed E-state index contributed by atoms with van der Waals surface area (Å²) in [5.74, 6) is -6.30. The Kier molecular flexibility index (Phi) is 6.08. The first kappa shape index (κ1) is 20.4. The Hall–Kier alpha value is -2.34. The maximum atomic E-state index is 13.6. The average molecular weight is 518 g/mol. The third-order valence-corrected chi connectivity index (χ3v) is 5.28. The van der Waals surface area contributed by atoms with Gasteiger partial charge in [0.2, 0.25) is 5.91 Å². The fourth-order valence-corrected chi connectivity index (χ4v) is 3.50. The summed E-state index contributed by atoms with van der Waals surface area (Å²) in [4.78, 5) is 37.3. The summed E-state index contributed by atoms with van der Waals surface area (Å²) in [5, 5.41) is 1.36. The number of nitrogens with one attached hydrogen (secondary N) is 1. The number of anilines is 1. The summed E-state index contributed by atoms with van der Waals surface area (Å²) < 4.78 is 40.8. The maximum absolute atomic E-state index is 13.6. The lowest BCUT2D eigenvalue weighted by Gasteiger charge is -2.13. The van der Waals surface area contributed by atoms with Crippen molar-refractivity contribution in [3.8, 4) is 0 Å². The number of rotatable bonds is 4. The van der Waals surface area contributed by atoms with Crippen LogP contribution >= 0.6 is 34.4 Å². The van der Waals surface area contributed by atoms with Crippen LogP contribution in [-0.4, -0.2) is 28.5 Å². The topological polar surface area (TPSA) is 66.5 Å². The molecule has 3 amide bonds. The van der Waals surface area contributed by atoms with Gasteiger partial charge in [-0.25, -0.2) is 13.2 Å². The Labute approximate surface area is 175 Å². The van der Waals surface area contributed by atoms with Crippen molar-refractivity contribution in [2.24, 2.45) is 0 Å². The Morgan fingerprint density at radius 2 is 1.75 bits per heavy atom. The number of halogens is 4. The summed E-state index contributed by atoms with van der Waals surface area (Å²) >= 11 is 2.80. The van der Waals surface area contributed by atoms with Crippen LogP contribution in [0, 0.1) is 21.0 Å². The van der Waals surface area contributed by atoms with E-state index < -0.39 is 46.7 Å². The number of hydrogen-bond donors (Lipinski definition) is 1. The standard InChI is InChI=1S/C18H10F3IN2O3S/c19-11-5-6-12(16(21)15(11)20)23-14(25)8-24-17(26)13(28-18(24)27)7-9-1-3-10(22)4-2-9/h1-7H,8H2,(H,23,25)/b13-7-. The summed E-state index contributed by atoms with van der Waals surface area (Å²) in [6.07, 6.45) is 1.52. The van der Waals surface area contributed by atoms with Crippen molar-refractivity contribution in [3.63, 3.8) is 0 Å². The van der Waals surface area contributed by atoms with E-state index in [2.05, 4.69) is 22.6 Å². The lowest BCUT2D eigenvalue weighted by atomic mass is 10.2. The van der Waals surface area contributed by atoms with E-state index in [0.29, 0.717) is 28.3 Å². The van der Waals surface area contributed by atoms with Crippen molar-refractivity contribution < 1.29 is 27.6 Å². The van der Waals surface area contributed by atoms with Gasteiger partial charge in [0, 0.05) is 3.57 Å². The van der Waals surface area contributed by atoms with Crippen LogP contribution < -0.4 is 5.32 Å². The molecule has 0 saturated carbocycles. The van der Waals surface area contributed by atoms with Crippen LogP contribution in [-0.2, 0) is 9.59 Å². The lowest BCUT2D eigenvalue weighted by Crippen LogP contribution is -2.36. The highest BCUT2D eigenvalue weighted by atomic mass is 127. The molecule has 0 spiro atoms. The molecule has 1 saturated heterocycles. The van der Waals surface area contributed by atoms with E-state index in [4.69, 9.17) is 0 Å². The predicted octanol–water partition coefficient (Wildman–Crippen LogP) is 4.38. The summed E-state index contributed by atoms with van der Waals surface area (Å²) in [6, 6.07) is 8.71. The number of benzene rings is 2. The van der Waals surface area contributed by atoms with Gasteiger partial charge in [0.05, 0.1) is 10.6 Å². The van der Waals surface area contributed by atoms with E-state index in [9.17, 15) is 27.6 Å². The number of nitrogens with zero attached hydrogens (tertiary/aromatic N) is 1. The predicted molar refractivity (Wildman–Crippen MR) is 107 cm³/mol. The lowest BCUT2D eigenvalue weighted by molar-refractivity contribution is -0.127. The van der Waals surface area contributed by atoms with Crippen LogP contribution in [0.15, 0.2) is 41.3 Å². The Balaban J connectivity index is 1.71. The molecule has 0 aromatic heterocycles. The highest BCUT2D eigenvalue weighted by molar-refractivity contribution is 14.1. The van der Waals surface area contributed by atoms with Gasteiger partial charge in [0.15, 0.2) is 17.5 Å². The molecule has 2 aromatic rings. The van der Waals surface area contributed by atoms with Gasteiger partial charge < -0.3 is 5.32 Å². The van der Waals surface area contributed by atoms with Crippen molar-refractivity contribution in [1.82, 2.24) is 4.90 Å². The van der Waals surface area contributed by atoms with Gasteiger partial charge in [-0.05, 0) is 70.3 Å². The first-order chi connectivity index (χ1) is 13.3. The van der Waals surface area contributed by atoms with Crippen molar-refractivity contribution >= 4 is 63.2 Å². The van der Waals surface area contributed by atoms with Gasteiger partial charge in [0.1, 0.15) is 6.54 Å². The summed E-state index contributed by atoms with van der Waals surface area (Å²) in [7, 11) is 0. The van der Waals surface area contributed by atoms with Gasteiger partial charge in [-0.3, -0.25) is 19.3 Å². The third kappa shape index (κ3) is 4.38. The van der Waals surface area contributed by atoms with E-state index in [1.54, 1.807) is 12.1 Å². The van der Waals surface area contributed by atoms with E-state index in [1.165, 1.54) is 6.08 Å². The normalized spacial score (nSPS) is 15.4. The molecular formula is C18H10F3IN2O3S. The van der Waals surface area contributed by atoms with Crippen LogP contribution in [0.1, 0.15) is 5.56 Å². The molecule has 0 aliphatic carbocycles. The monoisotopic (exact) mass is 518 g/mol. The molecule has 3 rings (SSSR count). The minimum absolute atomic E-state index is 0.137. The van der Waals surface area contributed by atoms with E-state index in [1.807, 2.05) is 17.4 Å². The number of carbonyl (C=O) groups is 3. The van der Waals surface area contributed by atoms with Crippen molar-refractivity contribution in [2.75, 3.05) is 11.9 Å². The van der Waals surface area contributed by atoms with Gasteiger partial charge in [-0.1, -0.05) is 12.1 Å². The minimum atomic E-state index is -1.73. The second-order valence-corrected chi connectivity index (χ2v) is 7.83. The van der Waals surface area contributed by atoms with Gasteiger partial charge in [-0.15, -0.1) is 0 Å². The van der Waals surface area contributed by atoms with Crippen molar-refractivity contribution in [3.05, 3.63) is 67.9 Å². The molecule has 1 fully saturated rings. The highest BCUT2D eigenvalue weighted by Gasteiger charge is 2.36. The molecule has 10 heteroatoms. The molecule has 1 aliphatic heterocycles. The zero-order chi connectivity index (χ0) is 20.4. The fourth-order valence-electron chi connectivity index (χ4n) is 2.30. The third-order valence-electron chi connectivity index (χ3n) is 3.65. The van der Waals surface area contributed by atoms with E-state index in [-0.39, 0.29) is 4.91 Å². The van der Waals surface area contributed by atoms with Crippen LogP contribution in [0.5, 0.6) is 0 Å². The molecule has 1 aliphatic rings. The molecule has 144 valence electrons. The van der Waals surface area contributed by atoms with Crippen LogP contribution in [0.2, 0.25) is 0 Å². The molecule has 0 radical (unpaired) electrons. The van der Waals surface area contributed by atoms with E-state index in [0.717, 1.165) is 9.64 Å². The largest absolute Gasteiger partial charge is 0.322 e. The molecule has 28 heavy (non-hydrogen) atoms. The first-order valence-corrected chi connectivity index (χ1v) is 9.60. The minimum Gasteiger partial charge on any atom is -0.322 e. The number of carbonyl (C=O) groups excluding carboxylic acids is 3. The van der Waals surface area contributed by atoms with Crippen molar-refractivity contribution in [2.45, 2.75) is 0 Å². The SMILES string of the molecule is O=C(CN1C(=O)S/C(=C\c2ccc(I)cc2)C1=O)Nc1ccc(F)c(F)c1F. The van der Waals surface area contributed by atoms with Crippen LogP contribution in [0.25, 0.3) is 6.08 Å². The van der Waals surface area contributed by atoms with Gasteiger partial charge >= 0.3 is 0 Å². The average Bonchev–Trinajstić information content (AvgIpc) is 2.91. The van der Waals surface area contributed by atoms with Crippen LogP contribution in [0.4, 0.5) is 23.7 Å². The molecule has 0 atom stereocenters. The van der Waals surface area contributed by atoms with Crippen molar-refractivity contribution in [1.29, 1.82) is 0 Å². The smallest absolute Gasteiger partial charge is 0.294 e. The highest BCUT2D eigenvalue weighted by Crippen LogP contribution is 2.32. The molecule has 0 unspecified atom stereocenters.